The number of hydrogen-bond donors (Lipinski definition) is 1. The summed E-state index contributed by atoms with van der Waals surface area (Å²) in [4.78, 5) is 12.5. The Morgan fingerprint density at radius 1 is 1.04 bits per heavy atom. The van der Waals surface area contributed by atoms with Gasteiger partial charge >= 0.3 is 0 Å². The smallest absolute Gasteiger partial charge is 0.291 e. The van der Waals surface area contributed by atoms with Crippen LogP contribution in [0.4, 0.5) is 5.69 Å². The summed E-state index contributed by atoms with van der Waals surface area (Å²) in [5.41, 5.74) is 1.42. The van der Waals surface area contributed by atoms with E-state index in [9.17, 15) is 13.2 Å². The molecule has 0 saturated heterocycles. The summed E-state index contributed by atoms with van der Waals surface area (Å²) in [6.45, 7) is 4.16. The van der Waals surface area contributed by atoms with E-state index in [-0.39, 0.29) is 15.7 Å². The van der Waals surface area contributed by atoms with Crippen LogP contribution < -0.4 is 10.1 Å². The molecule has 0 spiro atoms. The van der Waals surface area contributed by atoms with Crippen LogP contribution in [0.15, 0.2) is 75.1 Å². The lowest BCUT2D eigenvalue weighted by molar-refractivity contribution is 0.0991. The molecule has 3 rings (SSSR count). The van der Waals surface area contributed by atoms with Crippen LogP contribution in [-0.2, 0) is 9.84 Å². The van der Waals surface area contributed by atoms with Gasteiger partial charge < -0.3 is 14.5 Å². The molecule has 0 aliphatic carbocycles. The fourth-order valence-electron chi connectivity index (χ4n) is 2.46. The van der Waals surface area contributed by atoms with Crippen molar-refractivity contribution in [2.24, 2.45) is 0 Å². The second-order valence-electron chi connectivity index (χ2n) is 5.82. The molecule has 1 N–H and O–H groups in total. The third-order valence-corrected chi connectivity index (χ3v) is 5.48. The quantitative estimate of drug-likeness (QED) is 0.691. The lowest BCUT2D eigenvalue weighted by Crippen LogP contribution is -2.12. The highest BCUT2D eigenvalue weighted by Crippen LogP contribution is 2.26. The SMILES string of the molecule is CCOc1ccccc1NC(=O)c1ccc(S(=O)(=O)c2ccc(C)cc2)o1. The van der Waals surface area contributed by atoms with Crippen LogP contribution in [0.3, 0.4) is 0 Å². The average Bonchev–Trinajstić information content (AvgIpc) is 3.15. The van der Waals surface area contributed by atoms with Gasteiger partial charge in [0.25, 0.3) is 5.91 Å². The standard InChI is InChI=1S/C20H19NO5S/c1-3-25-17-7-5-4-6-16(17)21-20(22)18-12-13-19(26-18)27(23,24)15-10-8-14(2)9-11-15/h4-13H,3H2,1-2H3,(H,21,22). The Labute approximate surface area is 157 Å². The molecule has 0 aliphatic heterocycles. The largest absolute Gasteiger partial charge is 0.492 e. The summed E-state index contributed by atoms with van der Waals surface area (Å²) < 4.78 is 36.1. The molecule has 27 heavy (non-hydrogen) atoms. The zero-order valence-electron chi connectivity index (χ0n) is 14.9. The van der Waals surface area contributed by atoms with E-state index < -0.39 is 15.7 Å². The number of ether oxygens (including phenoxy) is 1. The summed E-state index contributed by atoms with van der Waals surface area (Å²) in [7, 11) is -3.83. The van der Waals surface area contributed by atoms with Gasteiger partial charge in [0.2, 0.25) is 14.9 Å². The minimum absolute atomic E-state index is 0.105. The zero-order valence-corrected chi connectivity index (χ0v) is 15.7. The monoisotopic (exact) mass is 385 g/mol. The molecule has 1 amide bonds. The Hall–Kier alpha value is -3.06. The van der Waals surface area contributed by atoms with Crippen molar-refractivity contribution in [1.82, 2.24) is 0 Å². The molecular formula is C20H19NO5S. The van der Waals surface area contributed by atoms with Crippen molar-refractivity contribution in [3.63, 3.8) is 0 Å². The normalized spacial score (nSPS) is 11.2. The molecular weight excluding hydrogens is 366 g/mol. The molecule has 0 saturated carbocycles. The molecule has 0 aliphatic rings. The van der Waals surface area contributed by atoms with E-state index in [4.69, 9.17) is 9.15 Å². The van der Waals surface area contributed by atoms with Crippen LogP contribution in [-0.4, -0.2) is 20.9 Å². The third-order valence-electron chi connectivity index (χ3n) is 3.84. The summed E-state index contributed by atoms with van der Waals surface area (Å²) in [5, 5.41) is 2.39. The minimum Gasteiger partial charge on any atom is -0.492 e. The molecule has 2 aromatic carbocycles. The van der Waals surface area contributed by atoms with Gasteiger partial charge in [-0.1, -0.05) is 29.8 Å². The Morgan fingerprint density at radius 2 is 1.74 bits per heavy atom. The highest BCUT2D eigenvalue weighted by molar-refractivity contribution is 7.91. The van der Waals surface area contributed by atoms with Crippen LogP contribution in [0.25, 0.3) is 0 Å². The van der Waals surface area contributed by atoms with Gasteiger partial charge in [-0.15, -0.1) is 0 Å². The number of nitrogens with one attached hydrogen (secondary N) is 1. The van der Waals surface area contributed by atoms with Crippen LogP contribution >= 0.6 is 0 Å². The van der Waals surface area contributed by atoms with Crippen molar-refractivity contribution >= 4 is 21.4 Å². The number of sulfone groups is 1. The number of rotatable bonds is 6. The van der Waals surface area contributed by atoms with Crippen molar-refractivity contribution in [1.29, 1.82) is 0 Å². The van der Waals surface area contributed by atoms with E-state index in [1.807, 2.05) is 13.8 Å². The third kappa shape index (κ3) is 4.03. The first kappa shape index (κ1) is 18.7. The van der Waals surface area contributed by atoms with Gasteiger partial charge in [0, 0.05) is 0 Å². The maximum absolute atomic E-state index is 12.6. The van der Waals surface area contributed by atoms with Crippen molar-refractivity contribution in [2.75, 3.05) is 11.9 Å². The van der Waals surface area contributed by atoms with Crippen molar-refractivity contribution in [3.05, 3.63) is 72.0 Å². The molecule has 6 nitrogen and oxygen atoms in total. The lowest BCUT2D eigenvalue weighted by atomic mass is 10.2. The Bertz CT molecular complexity index is 1050. The van der Waals surface area contributed by atoms with E-state index in [1.54, 1.807) is 36.4 Å². The van der Waals surface area contributed by atoms with Gasteiger partial charge in [0.05, 0.1) is 17.2 Å². The number of amides is 1. The summed E-state index contributed by atoms with van der Waals surface area (Å²) in [6, 6.07) is 16.0. The second-order valence-corrected chi connectivity index (χ2v) is 7.70. The maximum atomic E-state index is 12.6. The molecule has 1 heterocycles. The van der Waals surface area contributed by atoms with Gasteiger partial charge in [-0.2, -0.15) is 0 Å². The number of aryl methyl sites for hydroxylation is 1. The van der Waals surface area contributed by atoms with Gasteiger partial charge in [-0.05, 0) is 50.2 Å². The van der Waals surface area contributed by atoms with E-state index in [2.05, 4.69) is 5.32 Å². The minimum atomic E-state index is -3.83. The summed E-state index contributed by atoms with van der Waals surface area (Å²) in [5.74, 6) is -0.146. The van der Waals surface area contributed by atoms with E-state index in [1.165, 1.54) is 24.3 Å². The predicted molar refractivity (Wildman–Crippen MR) is 101 cm³/mol. The summed E-state index contributed by atoms with van der Waals surface area (Å²) in [6.07, 6.45) is 0. The van der Waals surface area contributed by atoms with Crippen LogP contribution in [0.1, 0.15) is 23.0 Å². The molecule has 0 fully saturated rings. The highest BCUT2D eigenvalue weighted by Gasteiger charge is 2.23. The first-order chi connectivity index (χ1) is 12.9. The van der Waals surface area contributed by atoms with E-state index >= 15 is 0 Å². The number of carbonyl (C=O) groups is 1. The highest BCUT2D eigenvalue weighted by atomic mass is 32.2. The van der Waals surface area contributed by atoms with Gasteiger partial charge in [0.1, 0.15) is 5.75 Å². The van der Waals surface area contributed by atoms with Crippen molar-refractivity contribution in [2.45, 2.75) is 23.8 Å². The molecule has 0 atom stereocenters. The number of hydrogen-bond acceptors (Lipinski definition) is 5. The predicted octanol–water partition coefficient (Wildman–Crippen LogP) is 4.07. The Kier molecular flexibility index (Phi) is 5.32. The second kappa shape index (κ2) is 7.67. The number of carbonyl (C=O) groups excluding carboxylic acids is 1. The maximum Gasteiger partial charge on any atom is 0.291 e. The first-order valence-electron chi connectivity index (χ1n) is 8.36. The van der Waals surface area contributed by atoms with Gasteiger partial charge in [-0.25, -0.2) is 8.42 Å². The average molecular weight is 385 g/mol. The molecule has 7 heteroatoms. The van der Waals surface area contributed by atoms with Crippen molar-refractivity contribution < 1.29 is 22.4 Å². The number of anilines is 1. The van der Waals surface area contributed by atoms with Crippen LogP contribution in [0, 0.1) is 6.92 Å². The number of para-hydroxylation sites is 2. The van der Waals surface area contributed by atoms with Gasteiger partial charge in [-0.3, -0.25) is 4.79 Å². The van der Waals surface area contributed by atoms with E-state index in [0.29, 0.717) is 18.0 Å². The molecule has 3 aromatic rings. The molecule has 0 unspecified atom stereocenters. The molecule has 0 radical (unpaired) electrons. The van der Waals surface area contributed by atoms with Crippen molar-refractivity contribution in [3.8, 4) is 5.75 Å². The van der Waals surface area contributed by atoms with E-state index in [0.717, 1.165) is 5.56 Å². The molecule has 1 aromatic heterocycles. The fourth-order valence-corrected chi connectivity index (χ4v) is 3.63. The Balaban J connectivity index is 1.83. The topological polar surface area (TPSA) is 85.6 Å². The zero-order chi connectivity index (χ0) is 19.4. The fraction of sp³-hybridized carbons (Fsp3) is 0.150. The lowest BCUT2D eigenvalue weighted by Gasteiger charge is -2.10. The number of furan rings is 1. The van der Waals surface area contributed by atoms with Gasteiger partial charge in [0.15, 0.2) is 5.76 Å². The number of benzene rings is 2. The van der Waals surface area contributed by atoms with Crippen LogP contribution in [0.5, 0.6) is 5.75 Å². The molecule has 0 bridgehead atoms. The Morgan fingerprint density at radius 3 is 2.44 bits per heavy atom. The molecule has 140 valence electrons. The first-order valence-corrected chi connectivity index (χ1v) is 9.85. The summed E-state index contributed by atoms with van der Waals surface area (Å²) >= 11 is 0. The van der Waals surface area contributed by atoms with Crippen LogP contribution in [0.2, 0.25) is 0 Å².